The molecule has 4 aromatic rings. The van der Waals surface area contributed by atoms with Gasteiger partial charge in [-0.05, 0) is 31.4 Å². The van der Waals surface area contributed by atoms with Crippen LogP contribution in [0.15, 0.2) is 54.6 Å². The minimum atomic E-state index is -0.758. The summed E-state index contributed by atoms with van der Waals surface area (Å²) in [6.07, 6.45) is 0. The molecule has 140 valence electrons. The summed E-state index contributed by atoms with van der Waals surface area (Å²) in [4.78, 5) is 2.04. The van der Waals surface area contributed by atoms with Crippen molar-refractivity contribution in [1.29, 1.82) is 0 Å². The number of aromatic nitrogens is 1. The minimum absolute atomic E-state index is 0.128. The molecular formula is C23H26N2O2. The molecule has 0 radical (unpaired) electrons. The Kier molecular flexibility index (Phi) is 4.33. The fraction of sp³-hybridized carbons (Fsp3) is 0.304. The van der Waals surface area contributed by atoms with Gasteiger partial charge in [-0.15, -0.1) is 0 Å². The lowest BCUT2D eigenvalue weighted by atomic mass is 9.97. The van der Waals surface area contributed by atoms with Gasteiger partial charge >= 0.3 is 0 Å². The number of nitrogens with zero attached hydrogens (tertiary/aromatic N) is 2. The van der Waals surface area contributed by atoms with Crippen molar-refractivity contribution in [3.8, 4) is 0 Å². The summed E-state index contributed by atoms with van der Waals surface area (Å²) in [5, 5.41) is 24.7. The molecule has 0 saturated heterocycles. The van der Waals surface area contributed by atoms with Crippen molar-refractivity contribution in [2.75, 3.05) is 25.2 Å². The average Bonchev–Trinajstić information content (AvgIpc) is 3.04. The Morgan fingerprint density at radius 1 is 0.926 bits per heavy atom. The zero-order valence-corrected chi connectivity index (χ0v) is 16.1. The summed E-state index contributed by atoms with van der Waals surface area (Å²) in [6, 6.07) is 19.1. The van der Waals surface area contributed by atoms with E-state index in [1.54, 1.807) is 0 Å². The minimum Gasteiger partial charge on any atom is -0.394 e. The fourth-order valence-electron chi connectivity index (χ4n) is 4.05. The standard InChI is InChI=1S/C23H26N2O2/c1-4-25-20-12-8-7-11-18(20)19-13-16-9-5-6-10-17(16)21(22(19)25)24(3)23(2,14-26)15-27/h5-13,26-27H,4,14-15H2,1-3H3. The molecule has 0 atom stereocenters. The van der Waals surface area contributed by atoms with Crippen LogP contribution >= 0.6 is 0 Å². The number of para-hydroxylation sites is 1. The SMILES string of the molecule is CCn1c2ccccc2c2cc3ccccc3c(N(C)C(C)(CO)CO)c21. The van der Waals surface area contributed by atoms with Crippen molar-refractivity contribution >= 4 is 38.3 Å². The molecule has 1 heterocycles. The summed E-state index contributed by atoms with van der Waals surface area (Å²) >= 11 is 0. The second-order valence-corrected chi connectivity index (χ2v) is 7.48. The molecule has 4 rings (SSSR count). The first-order valence-electron chi connectivity index (χ1n) is 9.44. The topological polar surface area (TPSA) is 48.6 Å². The molecule has 4 heteroatoms. The van der Waals surface area contributed by atoms with Gasteiger partial charge in [0.25, 0.3) is 0 Å². The van der Waals surface area contributed by atoms with Crippen molar-refractivity contribution in [1.82, 2.24) is 4.57 Å². The number of aliphatic hydroxyl groups excluding tert-OH is 2. The van der Waals surface area contributed by atoms with Gasteiger partial charge in [-0.25, -0.2) is 0 Å². The summed E-state index contributed by atoms with van der Waals surface area (Å²) in [5.41, 5.74) is 2.64. The van der Waals surface area contributed by atoms with Gasteiger partial charge < -0.3 is 19.7 Å². The molecule has 0 spiro atoms. The number of likely N-dealkylation sites (N-methyl/N-ethyl adjacent to an activating group) is 1. The van der Waals surface area contributed by atoms with E-state index in [2.05, 4.69) is 54.0 Å². The lowest BCUT2D eigenvalue weighted by Gasteiger charge is -2.38. The summed E-state index contributed by atoms with van der Waals surface area (Å²) in [7, 11) is 1.96. The van der Waals surface area contributed by atoms with Crippen LogP contribution in [-0.2, 0) is 6.54 Å². The highest BCUT2D eigenvalue weighted by atomic mass is 16.3. The highest BCUT2D eigenvalue weighted by Crippen LogP contribution is 2.42. The van der Waals surface area contributed by atoms with E-state index in [-0.39, 0.29) is 13.2 Å². The highest BCUT2D eigenvalue weighted by molar-refractivity contribution is 6.19. The van der Waals surface area contributed by atoms with Gasteiger partial charge in [0.05, 0.1) is 30.0 Å². The number of fused-ring (bicyclic) bond motifs is 4. The number of hydrogen-bond acceptors (Lipinski definition) is 3. The van der Waals surface area contributed by atoms with E-state index >= 15 is 0 Å². The second kappa shape index (κ2) is 6.55. The number of hydrogen-bond donors (Lipinski definition) is 2. The van der Waals surface area contributed by atoms with Crippen LogP contribution in [0.1, 0.15) is 13.8 Å². The number of aliphatic hydroxyl groups is 2. The maximum Gasteiger partial charge on any atom is 0.0831 e. The van der Waals surface area contributed by atoms with Crippen molar-refractivity contribution in [2.45, 2.75) is 25.9 Å². The number of benzene rings is 3. The summed E-state index contributed by atoms with van der Waals surface area (Å²) in [6.45, 7) is 4.63. The van der Waals surface area contributed by atoms with Crippen LogP contribution in [0.2, 0.25) is 0 Å². The first kappa shape index (κ1) is 17.8. The van der Waals surface area contributed by atoms with E-state index in [9.17, 15) is 10.2 Å². The largest absolute Gasteiger partial charge is 0.394 e. The van der Waals surface area contributed by atoms with E-state index in [4.69, 9.17) is 0 Å². The Hall–Kier alpha value is -2.56. The normalized spacial score (nSPS) is 12.3. The van der Waals surface area contributed by atoms with Crippen molar-refractivity contribution in [3.63, 3.8) is 0 Å². The van der Waals surface area contributed by atoms with Gasteiger partial charge in [0.2, 0.25) is 0 Å². The van der Waals surface area contributed by atoms with Crippen LogP contribution in [0, 0.1) is 0 Å². The van der Waals surface area contributed by atoms with E-state index in [1.807, 2.05) is 31.0 Å². The van der Waals surface area contributed by atoms with Crippen LogP contribution in [0.5, 0.6) is 0 Å². The maximum absolute atomic E-state index is 10.0. The predicted octanol–water partition coefficient (Wildman–Crippen LogP) is 4.15. The van der Waals surface area contributed by atoms with Gasteiger partial charge in [0, 0.05) is 35.3 Å². The molecule has 0 unspecified atom stereocenters. The molecule has 3 aromatic carbocycles. The van der Waals surface area contributed by atoms with Gasteiger partial charge in [0.15, 0.2) is 0 Å². The van der Waals surface area contributed by atoms with Crippen molar-refractivity contribution < 1.29 is 10.2 Å². The zero-order valence-electron chi connectivity index (χ0n) is 16.1. The Morgan fingerprint density at radius 2 is 1.56 bits per heavy atom. The molecule has 0 aliphatic rings. The molecule has 2 N–H and O–H groups in total. The molecule has 0 saturated carbocycles. The first-order valence-corrected chi connectivity index (χ1v) is 9.44. The molecule has 27 heavy (non-hydrogen) atoms. The lowest BCUT2D eigenvalue weighted by molar-refractivity contribution is 0.130. The number of rotatable bonds is 5. The van der Waals surface area contributed by atoms with Crippen molar-refractivity contribution in [3.05, 3.63) is 54.6 Å². The fourth-order valence-corrected chi connectivity index (χ4v) is 4.05. The second-order valence-electron chi connectivity index (χ2n) is 7.48. The third kappa shape index (κ3) is 2.52. The van der Waals surface area contributed by atoms with Crippen LogP contribution in [0.4, 0.5) is 5.69 Å². The van der Waals surface area contributed by atoms with Gasteiger partial charge in [0.1, 0.15) is 0 Å². The molecule has 0 aliphatic carbocycles. The van der Waals surface area contributed by atoms with E-state index < -0.39 is 5.54 Å². The lowest BCUT2D eigenvalue weighted by Crippen LogP contribution is -2.50. The maximum atomic E-state index is 10.0. The van der Waals surface area contributed by atoms with Gasteiger partial charge in [-0.1, -0.05) is 42.5 Å². The Morgan fingerprint density at radius 3 is 2.22 bits per heavy atom. The molecule has 0 bridgehead atoms. The Bertz CT molecular complexity index is 1130. The molecular weight excluding hydrogens is 336 g/mol. The van der Waals surface area contributed by atoms with Gasteiger partial charge in [-0.2, -0.15) is 0 Å². The quantitative estimate of drug-likeness (QED) is 0.561. The highest BCUT2D eigenvalue weighted by Gasteiger charge is 2.31. The van der Waals surface area contributed by atoms with Crippen LogP contribution < -0.4 is 4.90 Å². The third-order valence-corrected chi connectivity index (χ3v) is 5.89. The van der Waals surface area contributed by atoms with Crippen molar-refractivity contribution in [2.24, 2.45) is 0 Å². The predicted molar refractivity (Wildman–Crippen MR) is 114 cm³/mol. The molecule has 0 aliphatic heterocycles. The van der Waals surface area contributed by atoms with E-state index in [1.165, 1.54) is 16.3 Å². The molecule has 4 nitrogen and oxygen atoms in total. The zero-order chi connectivity index (χ0) is 19.2. The molecule has 0 fully saturated rings. The smallest absolute Gasteiger partial charge is 0.0831 e. The van der Waals surface area contributed by atoms with Gasteiger partial charge in [-0.3, -0.25) is 0 Å². The monoisotopic (exact) mass is 362 g/mol. The van der Waals surface area contributed by atoms with Crippen LogP contribution in [-0.4, -0.2) is 40.6 Å². The first-order chi connectivity index (χ1) is 13.1. The Labute approximate surface area is 159 Å². The van der Waals surface area contributed by atoms with E-state index in [0.29, 0.717) is 0 Å². The number of anilines is 1. The third-order valence-electron chi connectivity index (χ3n) is 5.89. The summed E-state index contributed by atoms with van der Waals surface area (Å²) in [5.74, 6) is 0. The molecule has 1 aromatic heterocycles. The van der Waals surface area contributed by atoms with Crippen LogP contribution in [0.25, 0.3) is 32.6 Å². The molecule has 0 amide bonds. The average molecular weight is 362 g/mol. The van der Waals surface area contributed by atoms with E-state index in [0.717, 1.165) is 28.5 Å². The Balaban J connectivity index is 2.23. The van der Waals surface area contributed by atoms with Crippen LogP contribution in [0.3, 0.4) is 0 Å². The number of aryl methyl sites for hydroxylation is 1. The summed E-state index contributed by atoms with van der Waals surface area (Å²) < 4.78 is 2.33.